The van der Waals surface area contributed by atoms with Crippen LogP contribution in [0, 0.1) is 16.0 Å². The van der Waals surface area contributed by atoms with E-state index in [2.05, 4.69) is 0 Å². The Morgan fingerprint density at radius 1 is 1.06 bits per heavy atom. The fourth-order valence-corrected chi connectivity index (χ4v) is 11.4. The minimum Gasteiger partial charge on any atom is -0.432 e. The molecule has 5 atom stereocenters. The van der Waals surface area contributed by atoms with Crippen LogP contribution in [0.2, 0.25) is 18.6 Å². The summed E-state index contributed by atoms with van der Waals surface area (Å²) in [6, 6.07) is 19.3. The fourth-order valence-electron chi connectivity index (χ4n) is 8.82. The van der Waals surface area contributed by atoms with Crippen molar-refractivity contribution in [1.29, 1.82) is 0 Å². The number of hydrogen-bond donors (Lipinski definition) is 2. The highest BCUT2D eigenvalue weighted by molar-refractivity contribution is 6.71. The molecular formula is C37H42N4O8Si. The summed E-state index contributed by atoms with van der Waals surface area (Å²) in [5, 5.41) is 21.8. The number of likely N-dealkylation sites (tertiary alicyclic amines) is 1. The van der Waals surface area contributed by atoms with Crippen LogP contribution in [0.25, 0.3) is 0 Å². The lowest BCUT2D eigenvalue weighted by molar-refractivity contribution is -0.385. The number of aryl methyl sites for hydroxylation is 1. The molecule has 3 amide bonds. The van der Waals surface area contributed by atoms with Crippen LogP contribution in [-0.2, 0) is 37.7 Å². The average molecular weight is 699 g/mol. The number of aliphatic hydroxyl groups is 1. The summed E-state index contributed by atoms with van der Waals surface area (Å²) < 4.78 is 6.75. The van der Waals surface area contributed by atoms with Crippen molar-refractivity contribution in [3.63, 3.8) is 0 Å². The van der Waals surface area contributed by atoms with Crippen LogP contribution in [0.15, 0.2) is 66.7 Å². The molecule has 3 aromatic rings. The molecule has 2 N–H and O–H groups in total. The van der Waals surface area contributed by atoms with Gasteiger partial charge in [0.2, 0.25) is 11.8 Å². The van der Waals surface area contributed by atoms with Gasteiger partial charge in [-0.25, -0.2) is 0 Å². The first-order valence-electron chi connectivity index (χ1n) is 17.3. The number of non-ortho nitro benzene ring substituents is 1. The molecule has 2 fully saturated rings. The fraction of sp³-hybridized carbons (Fsp3) is 0.432. The van der Waals surface area contributed by atoms with Crippen LogP contribution in [0.4, 0.5) is 22.7 Å². The van der Waals surface area contributed by atoms with E-state index < -0.39 is 42.3 Å². The highest BCUT2D eigenvalue weighted by Crippen LogP contribution is 2.60. The molecule has 3 aromatic carbocycles. The van der Waals surface area contributed by atoms with Crippen molar-refractivity contribution in [1.82, 2.24) is 4.90 Å². The van der Waals surface area contributed by atoms with Gasteiger partial charge in [-0.3, -0.25) is 29.4 Å². The molecular weight excluding hydrogens is 657 g/mol. The van der Waals surface area contributed by atoms with Crippen LogP contribution < -0.4 is 9.80 Å². The quantitative estimate of drug-likeness (QED) is 0.191. The third-order valence-electron chi connectivity index (χ3n) is 11.1. The third kappa shape index (κ3) is 5.52. The van der Waals surface area contributed by atoms with Crippen molar-refractivity contribution in [2.24, 2.45) is 5.92 Å². The second-order valence-electron chi connectivity index (χ2n) is 14.5. The molecule has 12 nitrogen and oxygen atoms in total. The minimum absolute atomic E-state index is 0.00515. The molecule has 0 unspecified atom stereocenters. The van der Waals surface area contributed by atoms with Gasteiger partial charge in [-0.1, -0.05) is 37.3 Å². The minimum atomic E-state index is -3.09. The van der Waals surface area contributed by atoms with Crippen molar-refractivity contribution >= 4 is 48.8 Å². The third-order valence-corrected chi connectivity index (χ3v) is 13.6. The number of nitrogens with zero attached hydrogens (tertiary/aromatic N) is 4. The van der Waals surface area contributed by atoms with Gasteiger partial charge in [-0.2, -0.15) is 0 Å². The van der Waals surface area contributed by atoms with Crippen molar-refractivity contribution in [3.05, 3.63) is 93.5 Å². The summed E-state index contributed by atoms with van der Waals surface area (Å²) in [4.78, 5) is 69.5. The maximum atomic E-state index is 14.8. The number of ether oxygens (including phenoxy) is 1. The van der Waals surface area contributed by atoms with Gasteiger partial charge in [0.25, 0.3) is 11.6 Å². The van der Waals surface area contributed by atoms with E-state index in [0.717, 1.165) is 23.2 Å². The predicted octanol–water partition coefficient (Wildman–Crippen LogP) is 4.92. The topological polar surface area (TPSA) is 154 Å². The van der Waals surface area contributed by atoms with E-state index in [0.29, 0.717) is 42.7 Å². The number of rotatable bonds is 8. The molecule has 4 heterocycles. The molecule has 0 bridgehead atoms. The Balaban J connectivity index is 1.23. The summed E-state index contributed by atoms with van der Waals surface area (Å²) in [5.74, 6) is -1.22. The van der Waals surface area contributed by atoms with Gasteiger partial charge < -0.3 is 24.4 Å². The van der Waals surface area contributed by atoms with Gasteiger partial charge in [0.15, 0.2) is 13.9 Å². The van der Waals surface area contributed by atoms with E-state index in [1.54, 1.807) is 33.9 Å². The van der Waals surface area contributed by atoms with Crippen molar-refractivity contribution in [2.45, 2.75) is 82.0 Å². The maximum Gasteiger partial charge on any atom is 0.269 e. The van der Waals surface area contributed by atoms with Gasteiger partial charge in [0, 0.05) is 47.8 Å². The Kier molecular flexibility index (Phi) is 8.65. The lowest BCUT2D eigenvalue weighted by Gasteiger charge is -2.32. The molecule has 2 saturated heterocycles. The smallest absolute Gasteiger partial charge is 0.269 e. The zero-order valence-corrected chi connectivity index (χ0v) is 29.4. The molecule has 0 radical (unpaired) electrons. The number of aliphatic hydroxyl groups excluding tert-OH is 1. The normalized spacial score (nSPS) is 26.1. The van der Waals surface area contributed by atoms with E-state index in [1.807, 2.05) is 55.5 Å². The number of benzene rings is 3. The number of nitro benzene ring substituents is 1. The summed E-state index contributed by atoms with van der Waals surface area (Å²) in [5.41, 5.74) is 1.87. The van der Waals surface area contributed by atoms with Gasteiger partial charge in [0.05, 0.1) is 48.0 Å². The molecule has 7 rings (SSSR count). The molecule has 4 aliphatic rings. The zero-order valence-electron chi connectivity index (χ0n) is 28.4. The van der Waals surface area contributed by atoms with Crippen LogP contribution in [0.1, 0.15) is 49.3 Å². The molecule has 13 heteroatoms. The summed E-state index contributed by atoms with van der Waals surface area (Å²) in [6.07, 6.45) is 1.68. The van der Waals surface area contributed by atoms with Crippen molar-refractivity contribution < 1.29 is 33.9 Å². The molecule has 1 spiro atoms. The summed E-state index contributed by atoms with van der Waals surface area (Å²) in [7, 11) is -3.09. The van der Waals surface area contributed by atoms with Crippen molar-refractivity contribution in [2.75, 3.05) is 23.0 Å². The second kappa shape index (κ2) is 12.7. The first-order valence-corrected chi connectivity index (χ1v) is 20.3. The Hall–Kier alpha value is -4.43. The molecule has 4 aliphatic heterocycles. The number of carbonyl (C=O) groups excluding carboxylic acids is 3. The van der Waals surface area contributed by atoms with Gasteiger partial charge in [-0.05, 0) is 67.7 Å². The molecule has 0 saturated carbocycles. The van der Waals surface area contributed by atoms with Gasteiger partial charge in [0.1, 0.15) is 0 Å². The Morgan fingerprint density at radius 2 is 1.80 bits per heavy atom. The van der Waals surface area contributed by atoms with Gasteiger partial charge in [-0.15, -0.1) is 0 Å². The number of amides is 3. The van der Waals surface area contributed by atoms with Crippen LogP contribution in [0.3, 0.4) is 0 Å². The first kappa shape index (κ1) is 34.0. The molecule has 50 heavy (non-hydrogen) atoms. The van der Waals surface area contributed by atoms with Gasteiger partial charge >= 0.3 is 0 Å². The highest BCUT2D eigenvalue weighted by atomic mass is 28.4. The van der Waals surface area contributed by atoms with Crippen LogP contribution in [0.5, 0.6) is 0 Å². The number of para-hydroxylation sites is 1. The Labute approximate surface area is 291 Å². The average Bonchev–Trinajstić information content (AvgIpc) is 3.75. The number of hydrogen-bond acceptors (Lipinski definition) is 8. The number of nitro groups is 1. The summed E-state index contributed by atoms with van der Waals surface area (Å²) >= 11 is 0. The standard InChI is InChI=1S/C37H42N4O8Si/c1-23-35(50(2,3)48)32(20-34(44)38-18-6-8-28(38)22-42)49-37(23)29-19-27(41(46)47)15-16-31(29)39(36(37)45)21-24-10-13-26(14-11-24)40-30-9-5-4-7-25(30)12-17-33(40)43/h4-5,7,9-11,13-16,19,23,28,32,35,42,48H,6,8,12,17-18,20-22H2,1-3H3/t23-,28-,32+,35-,37+/m0/s1. The zero-order chi connectivity index (χ0) is 35.5. The van der Waals surface area contributed by atoms with E-state index >= 15 is 0 Å². The van der Waals surface area contributed by atoms with E-state index in [1.165, 1.54) is 12.1 Å². The lowest BCUT2D eigenvalue weighted by atomic mass is 9.82. The maximum absolute atomic E-state index is 14.8. The summed E-state index contributed by atoms with van der Waals surface area (Å²) in [6.45, 7) is 5.86. The first-order chi connectivity index (χ1) is 23.8. The number of carbonyl (C=O) groups is 3. The predicted molar refractivity (Wildman–Crippen MR) is 188 cm³/mol. The Morgan fingerprint density at radius 3 is 2.50 bits per heavy atom. The van der Waals surface area contributed by atoms with E-state index in [9.17, 15) is 34.4 Å². The largest absolute Gasteiger partial charge is 0.432 e. The molecule has 262 valence electrons. The van der Waals surface area contributed by atoms with Crippen LogP contribution in [-0.4, -0.2) is 71.1 Å². The monoisotopic (exact) mass is 698 g/mol. The van der Waals surface area contributed by atoms with Crippen LogP contribution >= 0.6 is 0 Å². The van der Waals surface area contributed by atoms with Crippen molar-refractivity contribution in [3.8, 4) is 0 Å². The van der Waals surface area contributed by atoms with E-state index in [-0.39, 0.29) is 43.1 Å². The second-order valence-corrected chi connectivity index (χ2v) is 18.5. The highest BCUT2D eigenvalue weighted by Gasteiger charge is 2.66. The van der Waals surface area contributed by atoms with E-state index in [4.69, 9.17) is 4.74 Å². The number of anilines is 3. The SMILES string of the molecule is C[C@H]1[C@H]([Si](C)(C)O)[C@@H](CC(=O)N2CCC[C@H]2CO)O[C@]12C(=O)N(Cc1ccc(N3C(=O)CCc4ccccc43)cc1)c1ccc([N+](=O)[O-])cc12. The number of fused-ring (bicyclic) bond motifs is 3. The molecule has 0 aliphatic carbocycles. The lowest BCUT2D eigenvalue weighted by Crippen LogP contribution is -2.46. The Bertz CT molecular complexity index is 1860. The molecule has 0 aromatic heterocycles.